The second kappa shape index (κ2) is 6.59. The molecule has 2 rings (SSSR count). The fourth-order valence-electron chi connectivity index (χ4n) is 2.79. The fraction of sp³-hybridized carbons (Fsp3) is 0.600. The van der Waals surface area contributed by atoms with Crippen LogP contribution in [0.15, 0.2) is 18.3 Å². The summed E-state index contributed by atoms with van der Waals surface area (Å²) in [7, 11) is 1.39. The van der Waals surface area contributed by atoms with E-state index in [1.807, 2.05) is 34.7 Å². The molecule has 1 saturated heterocycles. The van der Waals surface area contributed by atoms with E-state index in [0.29, 0.717) is 5.69 Å². The van der Waals surface area contributed by atoms with Gasteiger partial charge in [-0.1, -0.05) is 0 Å². The minimum absolute atomic E-state index is 0.0189. The summed E-state index contributed by atoms with van der Waals surface area (Å²) in [6.45, 7) is 3.50. The molecule has 110 valence electrons. The van der Waals surface area contributed by atoms with Gasteiger partial charge < -0.3 is 14.2 Å². The van der Waals surface area contributed by atoms with E-state index < -0.39 is 0 Å². The highest BCUT2D eigenvalue weighted by atomic mass is 16.5. The molecule has 1 unspecified atom stereocenters. The third-order valence-electron chi connectivity index (χ3n) is 3.91. The highest BCUT2D eigenvalue weighted by Crippen LogP contribution is 2.22. The third kappa shape index (κ3) is 3.03. The van der Waals surface area contributed by atoms with Gasteiger partial charge in [0.1, 0.15) is 5.69 Å². The van der Waals surface area contributed by atoms with Crippen LogP contribution in [0.25, 0.3) is 0 Å². The summed E-state index contributed by atoms with van der Waals surface area (Å²) in [5.74, 6) is -0.231. The van der Waals surface area contributed by atoms with Gasteiger partial charge in [-0.05, 0) is 38.3 Å². The summed E-state index contributed by atoms with van der Waals surface area (Å²) in [5, 5.41) is 0. The van der Waals surface area contributed by atoms with Crippen molar-refractivity contribution < 1.29 is 14.3 Å². The number of aryl methyl sites for hydroxylation is 1. The van der Waals surface area contributed by atoms with Crippen molar-refractivity contribution in [2.75, 3.05) is 13.7 Å². The first kappa shape index (κ1) is 14.6. The summed E-state index contributed by atoms with van der Waals surface area (Å²) in [6.07, 6.45) is 5.12. The molecule has 0 saturated carbocycles. The van der Waals surface area contributed by atoms with Crippen molar-refractivity contribution in [2.24, 2.45) is 0 Å². The zero-order valence-corrected chi connectivity index (χ0v) is 12.2. The zero-order valence-electron chi connectivity index (χ0n) is 12.2. The van der Waals surface area contributed by atoms with E-state index in [0.717, 1.165) is 32.4 Å². The predicted octanol–water partition coefficient (Wildman–Crippen LogP) is 2.07. The zero-order chi connectivity index (χ0) is 14.5. The molecule has 1 aromatic heterocycles. The Morgan fingerprint density at radius 2 is 2.20 bits per heavy atom. The third-order valence-corrected chi connectivity index (χ3v) is 3.91. The lowest BCUT2D eigenvalue weighted by Crippen LogP contribution is -2.45. The SMILES string of the molecule is CCn1cccc1C(=O)N1CCCCC1CC(=O)OC. The van der Waals surface area contributed by atoms with Crippen molar-refractivity contribution in [1.29, 1.82) is 0 Å². The summed E-state index contributed by atoms with van der Waals surface area (Å²) in [4.78, 5) is 26.0. The van der Waals surface area contributed by atoms with Gasteiger partial charge in [0.25, 0.3) is 5.91 Å². The minimum atomic E-state index is -0.249. The Balaban J connectivity index is 2.15. The molecule has 0 aromatic carbocycles. The van der Waals surface area contributed by atoms with Crippen molar-refractivity contribution in [3.63, 3.8) is 0 Å². The lowest BCUT2D eigenvalue weighted by Gasteiger charge is -2.35. The highest BCUT2D eigenvalue weighted by molar-refractivity contribution is 5.93. The van der Waals surface area contributed by atoms with Crippen LogP contribution >= 0.6 is 0 Å². The van der Waals surface area contributed by atoms with E-state index in [1.165, 1.54) is 7.11 Å². The first-order valence-corrected chi connectivity index (χ1v) is 7.20. The molecule has 1 aromatic rings. The maximum atomic E-state index is 12.7. The molecule has 5 heteroatoms. The molecule has 1 aliphatic heterocycles. The van der Waals surface area contributed by atoms with Crippen LogP contribution < -0.4 is 0 Å². The number of rotatable bonds is 4. The van der Waals surface area contributed by atoms with Crippen LogP contribution in [0, 0.1) is 0 Å². The lowest BCUT2D eigenvalue weighted by atomic mass is 9.99. The molecular weight excluding hydrogens is 256 g/mol. The van der Waals surface area contributed by atoms with Crippen molar-refractivity contribution in [3.8, 4) is 0 Å². The number of nitrogens with zero attached hydrogens (tertiary/aromatic N) is 2. The van der Waals surface area contributed by atoms with Gasteiger partial charge in [-0.3, -0.25) is 9.59 Å². The van der Waals surface area contributed by atoms with E-state index >= 15 is 0 Å². The van der Waals surface area contributed by atoms with Gasteiger partial charge in [0.05, 0.1) is 13.5 Å². The van der Waals surface area contributed by atoms with Crippen LogP contribution in [0.4, 0.5) is 0 Å². The number of esters is 1. The molecule has 1 amide bonds. The summed E-state index contributed by atoms with van der Waals surface area (Å²) < 4.78 is 6.67. The van der Waals surface area contributed by atoms with Crippen molar-refractivity contribution in [1.82, 2.24) is 9.47 Å². The number of methoxy groups -OCH3 is 1. The molecule has 0 radical (unpaired) electrons. The highest BCUT2D eigenvalue weighted by Gasteiger charge is 2.30. The maximum Gasteiger partial charge on any atom is 0.307 e. The van der Waals surface area contributed by atoms with E-state index in [2.05, 4.69) is 0 Å². The topological polar surface area (TPSA) is 51.5 Å². The van der Waals surface area contributed by atoms with Gasteiger partial charge >= 0.3 is 5.97 Å². The molecule has 0 N–H and O–H groups in total. The van der Waals surface area contributed by atoms with Crippen molar-refractivity contribution >= 4 is 11.9 Å². The largest absolute Gasteiger partial charge is 0.469 e. The minimum Gasteiger partial charge on any atom is -0.469 e. The fourth-order valence-corrected chi connectivity index (χ4v) is 2.79. The first-order chi connectivity index (χ1) is 9.67. The molecule has 0 spiro atoms. The number of hydrogen-bond acceptors (Lipinski definition) is 3. The van der Waals surface area contributed by atoms with E-state index in [9.17, 15) is 9.59 Å². The Bertz CT molecular complexity index is 481. The average Bonchev–Trinajstić information content (AvgIpc) is 2.95. The monoisotopic (exact) mass is 278 g/mol. The predicted molar refractivity (Wildman–Crippen MR) is 75.4 cm³/mol. The Morgan fingerprint density at radius 3 is 2.90 bits per heavy atom. The number of ether oxygens (including phenoxy) is 1. The summed E-state index contributed by atoms with van der Waals surface area (Å²) in [6, 6.07) is 3.69. The smallest absolute Gasteiger partial charge is 0.307 e. The Morgan fingerprint density at radius 1 is 1.40 bits per heavy atom. The number of carbonyl (C=O) groups excluding carboxylic acids is 2. The molecule has 1 aliphatic rings. The summed E-state index contributed by atoms with van der Waals surface area (Å²) in [5.41, 5.74) is 0.698. The normalized spacial score (nSPS) is 18.9. The quantitative estimate of drug-likeness (QED) is 0.792. The van der Waals surface area contributed by atoms with Crippen LogP contribution in [0.1, 0.15) is 43.1 Å². The van der Waals surface area contributed by atoms with Crippen LogP contribution in [0.5, 0.6) is 0 Å². The molecule has 1 fully saturated rings. The standard InChI is InChI=1S/C15H22N2O3/c1-3-16-9-6-8-13(16)15(19)17-10-5-4-7-12(17)11-14(18)20-2/h6,8-9,12H,3-5,7,10-11H2,1-2H3. The number of hydrogen-bond donors (Lipinski definition) is 0. The van der Waals surface area contributed by atoms with Crippen LogP contribution in [0.3, 0.4) is 0 Å². The van der Waals surface area contributed by atoms with Crippen LogP contribution in [-0.4, -0.2) is 41.0 Å². The number of piperidine rings is 1. The molecule has 1 atom stereocenters. The average molecular weight is 278 g/mol. The number of aromatic nitrogens is 1. The molecule has 2 heterocycles. The molecule has 0 aliphatic carbocycles. The number of amides is 1. The summed E-state index contributed by atoms with van der Waals surface area (Å²) >= 11 is 0. The molecule has 0 bridgehead atoms. The maximum absolute atomic E-state index is 12.7. The van der Waals surface area contributed by atoms with E-state index in [-0.39, 0.29) is 24.3 Å². The van der Waals surface area contributed by atoms with Gasteiger partial charge in [-0.2, -0.15) is 0 Å². The lowest BCUT2D eigenvalue weighted by molar-refractivity contribution is -0.142. The Kier molecular flexibility index (Phi) is 4.82. The van der Waals surface area contributed by atoms with Crippen LogP contribution in [0.2, 0.25) is 0 Å². The van der Waals surface area contributed by atoms with Crippen molar-refractivity contribution in [3.05, 3.63) is 24.0 Å². The molecular formula is C15H22N2O3. The van der Waals surface area contributed by atoms with Crippen LogP contribution in [-0.2, 0) is 16.1 Å². The van der Waals surface area contributed by atoms with Gasteiger partial charge in [0, 0.05) is 25.3 Å². The second-order valence-electron chi connectivity index (χ2n) is 5.11. The second-order valence-corrected chi connectivity index (χ2v) is 5.11. The molecule has 5 nitrogen and oxygen atoms in total. The van der Waals surface area contributed by atoms with Gasteiger partial charge in [-0.15, -0.1) is 0 Å². The molecule has 20 heavy (non-hydrogen) atoms. The Labute approximate surface area is 119 Å². The Hall–Kier alpha value is -1.78. The van der Waals surface area contributed by atoms with E-state index in [4.69, 9.17) is 4.74 Å². The number of carbonyl (C=O) groups is 2. The number of likely N-dealkylation sites (tertiary alicyclic amines) is 1. The van der Waals surface area contributed by atoms with Gasteiger partial charge in [0.15, 0.2) is 0 Å². The van der Waals surface area contributed by atoms with E-state index in [1.54, 1.807) is 0 Å². The van der Waals surface area contributed by atoms with Crippen molar-refractivity contribution in [2.45, 2.75) is 45.2 Å². The van der Waals surface area contributed by atoms with Gasteiger partial charge in [0.2, 0.25) is 0 Å². The van der Waals surface area contributed by atoms with Gasteiger partial charge in [-0.25, -0.2) is 0 Å². The first-order valence-electron chi connectivity index (χ1n) is 7.20.